The van der Waals surface area contributed by atoms with Gasteiger partial charge in [-0.05, 0) is 35.9 Å². The number of nitrogens with one attached hydrogen (secondary N) is 1. The average Bonchev–Trinajstić information content (AvgIpc) is 2.49. The zero-order valence-electron chi connectivity index (χ0n) is 11.5. The molecule has 0 unspecified atom stereocenters. The second-order valence-corrected chi connectivity index (χ2v) is 4.85. The van der Waals surface area contributed by atoms with Gasteiger partial charge in [-0.3, -0.25) is 4.79 Å². The minimum Gasteiger partial charge on any atom is -0.482 e. The number of hydrogen-bond donors (Lipinski definition) is 1. The normalized spacial score (nSPS) is 9.86. The maximum Gasteiger partial charge on any atom is 0.262 e. The highest BCUT2D eigenvalue weighted by Gasteiger charge is 2.07. The van der Waals surface area contributed by atoms with Gasteiger partial charge in [0.1, 0.15) is 11.6 Å². The fourth-order valence-corrected chi connectivity index (χ4v) is 1.95. The number of halogens is 2. The van der Waals surface area contributed by atoms with Gasteiger partial charge in [0.25, 0.3) is 5.91 Å². The topological polar surface area (TPSA) is 62.1 Å². The predicted molar refractivity (Wildman–Crippen MR) is 81.3 cm³/mol. The first-order valence-corrected chi connectivity index (χ1v) is 6.80. The molecular weight excluding hydrogens is 307 g/mol. The fourth-order valence-electron chi connectivity index (χ4n) is 1.73. The molecule has 0 aromatic heterocycles. The molecule has 6 heteroatoms. The number of benzene rings is 2. The molecule has 2 rings (SSSR count). The van der Waals surface area contributed by atoms with E-state index in [1.54, 1.807) is 24.3 Å². The minimum atomic E-state index is -0.473. The van der Waals surface area contributed by atoms with Crippen molar-refractivity contribution >= 4 is 23.2 Å². The van der Waals surface area contributed by atoms with E-state index in [9.17, 15) is 9.18 Å². The number of hydrogen-bond acceptors (Lipinski definition) is 3. The lowest BCUT2D eigenvalue weighted by molar-refractivity contribution is -0.118. The molecule has 22 heavy (non-hydrogen) atoms. The summed E-state index contributed by atoms with van der Waals surface area (Å²) in [7, 11) is 0. The molecule has 4 nitrogen and oxygen atoms in total. The van der Waals surface area contributed by atoms with Crippen molar-refractivity contribution in [3.05, 3.63) is 58.9 Å². The van der Waals surface area contributed by atoms with Crippen LogP contribution < -0.4 is 10.1 Å². The highest BCUT2D eigenvalue weighted by Crippen LogP contribution is 2.24. The van der Waals surface area contributed by atoms with Gasteiger partial charge in [-0.25, -0.2) is 4.39 Å². The van der Waals surface area contributed by atoms with Crippen LogP contribution in [0.15, 0.2) is 42.5 Å². The molecule has 2 aromatic rings. The number of amides is 1. The van der Waals surface area contributed by atoms with Crippen LogP contribution >= 0.6 is 11.6 Å². The Balaban J connectivity index is 1.89. The molecule has 0 saturated heterocycles. The van der Waals surface area contributed by atoms with Gasteiger partial charge in [-0.2, -0.15) is 5.26 Å². The summed E-state index contributed by atoms with van der Waals surface area (Å²) < 4.78 is 18.1. The van der Waals surface area contributed by atoms with Crippen LogP contribution in [0.1, 0.15) is 5.56 Å². The van der Waals surface area contributed by atoms with Gasteiger partial charge in [-0.15, -0.1) is 0 Å². The van der Waals surface area contributed by atoms with E-state index in [-0.39, 0.29) is 23.3 Å². The Kier molecular flexibility index (Phi) is 5.34. The molecule has 0 bridgehead atoms. The Morgan fingerprint density at radius 1 is 1.27 bits per heavy atom. The van der Waals surface area contributed by atoms with Crippen molar-refractivity contribution in [3.63, 3.8) is 0 Å². The van der Waals surface area contributed by atoms with E-state index in [1.165, 1.54) is 12.1 Å². The second kappa shape index (κ2) is 7.43. The van der Waals surface area contributed by atoms with Crippen molar-refractivity contribution in [1.29, 1.82) is 5.26 Å². The van der Waals surface area contributed by atoms with Gasteiger partial charge in [0.05, 0.1) is 17.5 Å². The number of carbonyl (C=O) groups excluding carboxylic acids is 1. The Morgan fingerprint density at radius 3 is 2.64 bits per heavy atom. The Hall–Kier alpha value is -2.58. The lowest BCUT2D eigenvalue weighted by atomic mass is 10.1. The molecule has 2 aromatic carbocycles. The van der Waals surface area contributed by atoms with Crippen LogP contribution in [0.5, 0.6) is 5.75 Å². The van der Waals surface area contributed by atoms with E-state index in [1.807, 2.05) is 6.07 Å². The maximum atomic E-state index is 12.9. The van der Waals surface area contributed by atoms with Crippen LogP contribution in [0.2, 0.25) is 5.02 Å². The third-order valence-corrected chi connectivity index (χ3v) is 3.07. The molecule has 0 aliphatic heterocycles. The summed E-state index contributed by atoms with van der Waals surface area (Å²) in [6, 6.07) is 12.7. The molecule has 0 saturated carbocycles. The molecular formula is C16H12ClFN2O2. The summed E-state index contributed by atoms with van der Waals surface area (Å²) >= 11 is 5.80. The number of rotatable bonds is 5. The van der Waals surface area contributed by atoms with Crippen molar-refractivity contribution in [2.24, 2.45) is 0 Å². The highest BCUT2D eigenvalue weighted by atomic mass is 35.5. The summed E-state index contributed by atoms with van der Waals surface area (Å²) in [5.41, 5.74) is 1.47. The van der Waals surface area contributed by atoms with Crippen molar-refractivity contribution in [1.82, 2.24) is 0 Å². The third kappa shape index (κ3) is 4.47. The van der Waals surface area contributed by atoms with Gasteiger partial charge in [-0.1, -0.05) is 23.7 Å². The van der Waals surface area contributed by atoms with Crippen molar-refractivity contribution in [2.45, 2.75) is 6.42 Å². The second-order valence-electron chi connectivity index (χ2n) is 4.44. The molecule has 0 atom stereocenters. The summed E-state index contributed by atoms with van der Waals surface area (Å²) in [4.78, 5) is 11.8. The number of ether oxygens (including phenoxy) is 1. The summed E-state index contributed by atoms with van der Waals surface area (Å²) in [6.07, 6.45) is 0.320. The van der Waals surface area contributed by atoms with Crippen molar-refractivity contribution < 1.29 is 13.9 Å². The number of carbonyl (C=O) groups is 1. The van der Waals surface area contributed by atoms with E-state index in [2.05, 4.69) is 5.32 Å². The molecule has 0 spiro atoms. The average molecular weight is 319 g/mol. The van der Waals surface area contributed by atoms with Crippen LogP contribution in [0.3, 0.4) is 0 Å². The molecule has 1 N–H and O–H groups in total. The maximum absolute atomic E-state index is 12.9. The summed E-state index contributed by atoms with van der Waals surface area (Å²) in [5.74, 6) is -0.602. The van der Waals surface area contributed by atoms with Crippen molar-refractivity contribution in [3.8, 4) is 11.8 Å². The van der Waals surface area contributed by atoms with Crippen LogP contribution in [0.4, 0.5) is 10.1 Å². The number of nitrogens with zero attached hydrogens (tertiary/aromatic N) is 1. The van der Waals surface area contributed by atoms with Gasteiger partial charge in [0.2, 0.25) is 0 Å². The first kappa shape index (κ1) is 15.8. The molecule has 1 amide bonds. The Labute approximate surface area is 132 Å². The Bertz CT molecular complexity index is 711. The zero-order chi connectivity index (χ0) is 15.9. The van der Waals surface area contributed by atoms with Gasteiger partial charge >= 0.3 is 0 Å². The van der Waals surface area contributed by atoms with Gasteiger partial charge in [0.15, 0.2) is 6.61 Å². The standard InChI is InChI=1S/C16H12ClFN2O2/c17-14-9-12(18)3-6-15(14)22-10-16(21)20-13-4-1-11(2-5-13)7-8-19/h1-6,9H,7,10H2,(H,20,21). The van der Waals surface area contributed by atoms with Gasteiger partial charge in [0, 0.05) is 5.69 Å². The number of anilines is 1. The molecule has 0 radical (unpaired) electrons. The number of nitriles is 1. The molecule has 0 heterocycles. The highest BCUT2D eigenvalue weighted by molar-refractivity contribution is 6.32. The fraction of sp³-hybridized carbons (Fsp3) is 0.125. The van der Waals surface area contributed by atoms with E-state index < -0.39 is 5.82 Å². The van der Waals surface area contributed by atoms with E-state index in [0.29, 0.717) is 12.1 Å². The van der Waals surface area contributed by atoms with Crippen LogP contribution in [0.25, 0.3) is 0 Å². The third-order valence-electron chi connectivity index (χ3n) is 2.77. The molecule has 0 fully saturated rings. The lowest BCUT2D eigenvalue weighted by Crippen LogP contribution is -2.20. The Morgan fingerprint density at radius 2 is 2.00 bits per heavy atom. The summed E-state index contributed by atoms with van der Waals surface area (Å²) in [5, 5.41) is 11.3. The SMILES string of the molecule is N#CCc1ccc(NC(=O)COc2ccc(F)cc2Cl)cc1. The largest absolute Gasteiger partial charge is 0.482 e. The van der Waals surface area contributed by atoms with Crippen molar-refractivity contribution in [2.75, 3.05) is 11.9 Å². The van der Waals surface area contributed by atoms with Crippen LogP contribution in [0, 0.1) is 17.1 Å². The van der Waals surface area contributed by atoms with Gasteiger partial charge < -0.3 is 10.1 Å². The molecule has 112 valence electrons. The lowest BCUT2D eigenvalue weighted by Gasteiger charge is -2.09. The molecule has 0 aliphatic carbocycles. The minimum absolute atomic E-state index is 0.105. The van der Waals surface area contributed by atoms with E-state index in [4.69, 9.17) is 21.6 Å². The van der Waals surface area contributed by atoms with E-state index >= 15 is 0 Å². The first-order valence-electron chi connectivity index (χ1n) is 6.42. The predicted octanol–water partition coefficient (Wildman–Crippen LogP) is 3.56. The monoisotopic (exact) mass is 318 g/mol. The smallest absolute Gasteiger partial charge is 0.262 e. The molecule has 0 aliphatic rings. The van der Waals surface area contributed by atoms with E-state index in [0.717, 1.165) is 11.6 Å². The van der Waals surface area contributed by atoms with Crippen LogP contribution in [-0.2, 0) is 11.2 Å². The quantitative estimate of drug-likeness (QED) is 0.916. The summed E-state index contributed by atoms with van der Waals surface area (Å²) in [6.45, 7) is -0.245. The zero-order valence-corrected chi connectivity index (χ0v) is 12.2. The van der Waals surface area contributed by atoms with Crippen LogP contribution in [-0.4, -0.2) is 12.5 Å². The first-order chi connectivity index (χ1) is 10.6.